The number of hydrogen-bond acceptors (Lipinski definition) is 3. The summed E-state index contributed by atoms with van der Waals surface area (Å²) in [7, 11) is 0. The average Bonchev–Trinajstić information content (AvgIpc) is 2.26. The zero-order chi connectivity index (χ0) is 14.0. The lowest BCUT2D eigenvalue weighted by Crippen LogP contribution is -2.17. The van der Waals surface area contributed by atoms with Gasteiger partial charge >= 0.3 is 6.36 Å². The van der Waals surface area contributed by atoms with Gasteiger partial charge in [-0.25, -0.2) is 0 Å². The summed E-state index contributed by atoms with van der Waals surface area (Å²) >= 11 is 5.71. The molecule has 0 saturated carbocycles. The van der Waals surface area contributed by atoms with Gasteiger partial charge in [0.05, 0.1) is 16.4 Å². The summed E-state index contributed by atoms with van der Waals surface area (Å²) < 4.78 is 40.2. The van der Waals surface area contributed by atoms with Gasteiger partial charge in [-0.15, -0.1) is 13.2 Å². The van der Waals surface area contributed by atoms with Gasteiger partial charge in [-0.3, -0.25) is 4.98 Å². The Morgan fingerprint density at radius 2 is 1.95 bits per heavy atom. The SMILES string of the molecule is Nc1cc(Cl)cnc1-c1cccc(OC(F)(F)F)c1. The molecule has 0 radical (unpaired) electrons. The van der Waals surface area contributed by atoms with Crippen LogP contribution in [-0.4, -0.2) is 11.3 Å². The minimum absolute atomic E-state index is 0.275. The third-order valence-corrected chi connectivity index (χ3v) is 2.43. The summed E-state index contributed by atoms with van der Waals surface area (Å²) in [5, 5.41) is 0.351. The van der Waals surface area contributed by atoms with Gasteiger partial charge < -0.3 is 10.5 Å². The number of nitrogens with zero attached hydrogens (tertiary/aromatic N) is 1. The molecule has 0 aliphatic heterocycles. The van der Waals surface area contributed by atoms with Crippen molar-refractivity contribution in [2.45, 2.75) is 6.36 Å². The van der Waals surface area contributed by atoms with E-state index in [1.54, 1.807) is 6.07 Å². The zero-order valence-corrected chi connectivity index (χ0v) is 10.2. The maximum atomic E-state index is 12.1. The number of pyridine rings is 1. The number of aromatic nitrogens is 1. The van der Waals surface area contributed by atoms with E-state index in [0.717, 1.165) is 0 Å². The Morgan fingerprint density at radius 3 is 2.58 bits per heavy atom. The fourth-order valence-electron chi connectivity index (χ4n) is 1.54. The number of nitrogen functional groups attached to an aromatic ring is 1. The second-order valence-electron chi connectivity index (χ2n) is 3.67. The third kappa shape index (κ3) is 3.51. The molecule has 0 aliphatic carbocycles. The van der Waals surface area contributed by atoms with Crippen molar-refractivity contribution < 1.29 is 17.9 Å². The monoisotopic (exact) mass is 288 g/mol. The minimum atomic E-state index is -4.74. The molecule has 1 aromatic heterocycles. The van der Waals surface area contributed by atoms with Crippen molar-refractivity contribution in [2.75, 3.05) is 5.73 Å². The van der Waals surface area contributed by atoms with Crippen LogP contribution in [0.4, 0.5) is 18.9 Å². The van der Waals surface area contributed by atoms with Crippen molar-refractivity contribution in [3.63, 3.8) is 0 Å². The van der Waals surface area contributed by atoms with E-state index in [0.29, 0.717) is 16.3 Å². The summed E-state index contributed by atoms with van der Waals surface area (Å²) in [6, 6.07) is 6.88. The predicted octanol–water partition coefficient (Wildman–Crippen LogP) is 3.88. The molecule has 0 spiro atoms. The Labute approximate surface area is 111 Å². The Hall–Kier alpha value is -1.95. The molecule has 0 aliphatic rings. The molecule has 1 aromatic carbocycles. The molecule has 0 fully saturated rings. The van der Waals surface area contributed by atoms with Crippen LogP contribution in [0.5, 0.6) is 5.75 Å². The lowest BCUT2D eigenvalue weighted by Gasteiger charge is -2.10. The summed E-state index contributed by atoms with van der Waals surface area (Å²) in [5.74, 6) is -0.332. The summed E-state index contributed by atoms with van der Waals surface area (Å²) in [5.41, 5.74) is 6.75. The maximum absolute atomic E-state index is 12.1. The molecular weight excluding hydrogens is 281 g/mol. The van der Waals surface area contributed by atoms with Crippen molar-refractivity contribution >= 4 is 17.3 Å². The van der Waals surface area contributed by atoms with Crippen LogP contribution in [-0.2, 0) is 0 Å². The molecule has 2 N–H and O–H groups in total. The number of nitrogens with two attached hydrogens (primary N) is 1. The van der Waals surface area contributed by atoms with Gasteiger partial charge in [0, 0.05) is 11.8 Å². The van der Waals surface area contributed by atoms with Crippen molar-refractivity contribution in [3.05, 3.63) is 41.6 Å². The van der Waals surface area contributed by atoms with Crippen LogP contribution in [0.1, 0.15) is 0 Å². The zero-order valence-electron chi connectivity index (χ0n) is 9.41. The molecule has 2 rings (SSSR count). The smallest absolute Gasteiger partial charge is 0.406 e. The van der Waals surface area contributed by atoms with Crippen LogP contribution in [0, 0.1) is 0 Å². The highest BCUT2D eigenvalue weighted by atomic mass is 35.5. The van der Waals surface area contributed by atoms with Crippen LogP contribution in [0.3, 0.4) is 0 Å². The molecule has 0 saturated heterocycles. The van der Waals surface area contributed by atoms with E-state index < -0.39 is 6.36 Å². The van der Waals surface area contributed by atoms with Gasteiger partial charge in [0.15, 0.2) is 0 Å². The maximum Gasteiger partial charge on any atom is 0.573 e. The topological polar surface area (TPSA) is 48.1 Å². The Balaban J connectivity index is 2.38. The van der Waals surface area contributed by atoms with Crippen molar-refractivity contribution in [1.29, 1.82) is 0 Å². The lowest BCUT2D eigenvalue weighted by atomic mass is 10.1. The second kappa shape index (κ2) is 4.97. The lowest BCUT2D eigenvalue weighted by molar-refractivity contribution is -0.274. The number of alkyl halides is 3. The van der Waals surface area contributed by atoms with Gasteiger partial charge in [0.1, 0.15) is 5.75 Å². The predicted molar refractivity (Wildman–Crippen MR) is 65.8 cm³/mol. The van der Waals surface area contributed by atoms with Crippen LogP contribution in [0.15, 0.2) is 36.5 Å². The number of anilines is 1. The summed E-state index contributed by atoms with van der Waals surface area (Å²) in [6.07, 6.45) is -3.37. The highest BCUT2D eigenvalue weighted by Crippen LogP contribution is 2.30. The van der Waals surface area contributed by atoms with Gasteiger partial charge in [0.25, 0.3) is 0 Å². The van der Waals surface area contributed by atoms with Gasteiger partial charge in [0.2, 0.25) is 0 Å². The standard InChI is InChI=1S/C12H8ClF3N2O/c13-8-5-10(17)11(18-6-8)7-2-1-3-9(4-7)19-12(14,15)16/h1-6H,17H2. The Morgan fingerprint density at radius 1 is 1.21 bits per heavy atom. The van der Waals surface area contributed by atoms with Gasteiger partial charge in [-0.05, 0) is 18.2 Å². The van der Waals surface area contributed by atoms with Gasteiger partial charge in [-0.2, -0.15) is 0 Å². The van der Waals surface area contributed by atoms with Crippen molar-refractivity contribution in [1.82, 2.24) is 4.98 Å². The number of rotatable bonds is 2. The summed E-state index contributed by atoms with van der Waals surface area (Å²) in [4.78, 5) is 3.99. The normalized spacial score (nSPS) is 11.4. The highest BCUT2D eigenvalue weighted by Gasteiger charge is 2.31. The molecule has 1 heterocycles. The first-order valence-electron chi connectivity index (χ1n) is 5.12. The van der Waals surface area contributed by atoms with Crippen LogP contribution in [0.25, 0.3) is 11.3 Å². The fraction of sp³-hybridized carbons (Fsp3) is 0.0833. The first-order chi connectivity index (χ1) is 8.85. The number of benzene rings is 1. The van der Waals surface area contributed by atoms with E-state index in [1.165, 1.54) is 30.5 Å². The molecule has 0 bridgehead atoms. The second-order valence-corrected chi connectivity index (χ2v) is 4.10. The molecule has 100 valence electrons. The number of ether oxygens (including phenoxy) is 1. The van der Waals surface area contributed by atoms with Crippen LogP contribution in [0.2, 0.25) is 5.02 Å². The first kappa shape index (κ1) is 13.5. The van der Waals surface area contributed by atoms with Crippen LogP contribution < -0.4 is 10.5 Å². The van der Waals surface area contributed by atoms with E-state index >= 15 is 0 Å². The van der Waals surface area contributed by atoms with E-state index in [4.69, 9.17) is 17.3 Å². The molecular formula is C12H8ClF3N2O. The Kier molecular flexibility index (Phi) is 3.53. The quantitative estimate of drug-likeness (QED) is 0.912. The average molecular weight is 289 g/mol. The van der Waals surface area contributed by atoms with E-state index in [2.05, 4.69) is 9.72 Å². The highest BCUT2D eigenvalue weighted by molar-refractivity contribution is 6.30. The van der Waals surface area contributed by atoms with Crippen molar-refractivity contribution in [3.8, 4) is 17.0 Å². The molecule has 0 amide bonds. The third-order valence-electron chi connectivity index (χ3n) is 2.22. The van der Waals surface area contributed by atoms with E-state index in [1.807, 2.05) is 0 Å². The molecule has 0 atom stereocenters. The van der Waals surface area contributed by atoms with E-state index in [-0.39, 0.29) is 11.4 Å². The van der Waals surface area contributed by atoms with Crippen LogP contribution >= 0.6 is 11.6 Å². The summed E-state index contributed by atoms with van der Waals surface area (Å²) in [6.45, 7) is 0. The molecule has 3 nitrogen and oxygen atoms in total. The fourth-order valence-corrected chi connectivity index (χ4v) is 1.70. The van der Waals surface area contributed by atoms with E-state index in [9.17, 15) is 13.2 Å². The first-order valence-corrected chi connectivity index (χ1v) is 5.50. The molecule has 7 heteroatoms. The largest absolute Gasteiger partial charge is 0.573 e. The van der Waals surface area contributed by atoms with Gasteiger partial charge in [-0.1, -0.05) is 23.7 Å². The molecule has 2 aromatic rings. The van der Waals surface area contributed by atoms with Crippen molar-refractivity contribution in [2.24, 2.45) is 0 Å². The number of halogens is 4. The Bertz CT molecular complexity index is 602. The minimum Gasteiger partial charge on any atom is -0.406 e. The number of hydrogen-bond donors (Lipinski definition) is 1. The molecule has 19 heavy (non-hydrogen) atoms. The molecule has 0 unspecified atom stereocenters.